The van der Waals surface area contributed by atoms with Gasteiger partial charge in [-0.2, -0.15) is 0 Å². The third-order valence-electron chi connectivity index (χ3n) is 9.17. The first kappa shape index (κ1) is 31.4. The van der Waals surface area contributed by atoms with Crippen LogP contribution in [0, 0.1) is 38.5 Å². The summed E-state index contributed by atoms with van der Waals surface area (Å²) < 4.78 is 13.2. The summed E-state index contributed by atoms with van der Waals surface area (Å²) in [6.07, 6.45) is 14.1. The van der Waals surface area contributed by atoms with Crippen LogP contribution in [-0.4, -0.2) is 5.60 Å². The van der Waals surface area contributed by atoms with Gasteiger partial charge in [0, 0.05) is 11.3 Å². The van der Waals surface area contributed by atoms with Gasteiger partial charge in [0.2, 0.25) is 0 Å². The van der Waals surface area contributed by atoms with E-state index >= 15 is 0 Å². The van der Waals surface area contributed by atoms with E-state index in [4.69, 9.17) is 15.2 Å². The summed E-state index contributed by atoms with van der Waals surface area (Å²) in [5.74, 6) is 4.63. The molecule has 3 nitrogen and oxygen atoms in total. The van der Waals surface area contributed by atoms with Gasteiger partial charge in [-0.1, -0.05) is 84.8 Å². The molecule has 3 atom stereocenters. The van der Waals surface area contributed by atoms with E-state index < -0.39 is 0 Å². The monoisotopic (exact) mass is 535 g/mol. The van der Waals surface area contributed by atoms with Gasteiger partial charge in [-0.15, -0.1) is 0 Å². The first-order valence-electron chi connectivity index (χ1n) is 15.8. The lowest BCUT2D eigenvalue weighted by Gasteiger charge is -2.38. The molecule has 0 radical (unpaired) electrons. The van der Waals surface area contributed by atoms with E-state index in [0.29, 0.717) is 6.61 Å². The molecule has 1 aliphatic rings. The molecule has 0 spiro atoms. The molecule has 0 saturated carbocycles. The van der Waals surface area contributed by atoms with Crippen LogP contribution in [0.1, 0.15) is 127 Å². The van der Waals surface area contributed by atoms with Gasteiger partial charge in [0.15, 0.2) is 0 Å². The average Bonchev–Trinajstić information content (AvgIpc) is 2.87. The molecule has 3 rings (SSSR count). The molecule has 3 heteroatoms. The predicted octanol–water partition coefficient (Wildman–Crippen LogP) is 10.3. The van der Waals surface area contributed by atoms with Crippen LogP contribution in [0.25, 0.3) is 0 Å². The van der Waals surface area contributed by atoms with Crippen molar-refractivity contribution in [1.29, 1.82) is 0 Å². The highest BCUT2D eigenvalue weighted by Gasteiger charge is 2.34. The van der Waals surface area contributed by atoms with Gasteiger partial charge in [0.1, 0.15) is 23.7 Å². The Morgan fingerprint density at radius 3 is 2.15 bits per heavy atom. The Morgan fingerprint density at radius 1 is 0.872 bits per heavy atom. The fourth-order valence-electron chi connectivity index (χ4n) is 6.31. The van der Waals surface area contributed by atoms with Crippen LogP contribution in [0.4, 0.5) is 5.69 Å². The summed E-state index contributed by atoms with van der Waals surface area (Å²) in [6, 6.07) is 7.95. The van der Waals surface area contributed by atoms with Crippen LogP contribution in [0.2, 0.25) is 0 Å². The largest absolute Gasteiger partial charge is 0.488 e. The second kappa shape index (κ2) is 14.5. The molecular weight excluding hydrogens is 478 g/mol. The number of nitrogens with two attached hydrogens (primary N) is 1. The van der Waals surface area contributed by atoms with E-state index in [2.05, 4.69) is 61.5 Å². The summed E-state index contributed by atoms with van der Waals surface area (Å²) in [5.41, 5.74) is 12.7. The molecule has 2 aromatic rings. The number of hydrogen-bond acceptors (Lipinski definition) is 3. The van der Waals surface area contributed by atoms with Gasteiger partial charge in [0.25, 0.3) is 0 Å². The van der Waals surface area contributed by atoms with E-state index in [1.165, 1.54) is 73.6 Å². The zero-order valence-corrected chi connectivity index (χ0v) is 26.4. The molecule has 1 aliphatic heterocycles. The maximum absolute atomic E-state index is 6.82. The minimum absolute atomic E-state index is 0.0781. The lowest BCUT2D eigenvalue weighted by molar-refractivity contribution is 0.0511. The third-order valence-corrected chi connectivity index (χ3v) is 9.17. The first-order valence-corrected chi connectivity index (χ1v) is 15.8. The lowest BCUT2D eigenvalue weighted by atomic mass is 9.83. The first-order chi connectivity index (χ1) is 18.5. The lowest BCUT2D eigenvalue weighted by Crippen LogP contribution is -2.37. The Hall–Kier alpha value is -2.16. The van der Waals surface area contributed by atoms with Crippen molar-refractivity contribution >= 4 is 5.69 Å². The summed E-state index contributed by atoms with van der Waals surface area (Å²) in [5, 5.41) is 0. The zero-order chi connectivity index (χ0) is 28.6. The predicted molar refractivity (Wildman–Crippen MR) is 168 cm³/mol. The fraction of sp³-hybridized carbons (Fsp3) is 0.667. The van der Waals surface area contributed by atoms with Gasteiger partial charge < -0.3 is 15.2 Å². The molecule has 0 amide bonds. The van der Waals surface area contributed by atoms with Crippen LogP contribution in [0.5, 0.6) is 11.5 Å². The van der Waals surface area contributed by atoms with Crippen molar-refractivity contribution in [2.24, 2.45) is 17.8 Å². The van der Waals surface area contributed by atoms with Crippen molar-refractivity contribution in [3.8, 4) is 11.5 Å². The molecular formula is C36H57NO2. The molecule has 1 heterocycles. The van der Waals surface area contributed by atoms with Gasteiger partial charge in [0.05, 0.1) is 0 Å². The highest BCUT2D eigenvalue weighted by atomic mass is 16.5. The maximum Gasteiger partial charge on any atom is 0.127 e. The minimum Gasteiger partial charge on any atom is -0.488 e. The van der Waals surface area contributed by atoms with E-state index in [9.17, 15) is 0 Å². The van der Waals surface area contributed by atoms with Crippen molar-refractivity contribution in [3.63, 3.8) is 0 Å². The zero-order valence-electron chi connectivity index (χ0n) is 26.4. The Kier molecular flexibility index (Phi) is 11.6. The third kappa shape index (κ3) is 9.19. The standard InChI is InChI=1S/C36H57NO2/c1-25(2)13-9-14-26(3)15-10-16-27(4)17-12-21-36(8)22-20-33-30(7)34(28(5)29(6)35(33)39-36)38-24-31-18-11-19-32(37)23-31/h11,18-19,23,25-27H,9-10,12-17,20-22,24,37H2,1-8H3/t26-,27-,36-/m1/s1. The van der Waals surface area contributed by atoms with Crippen LogP contribution >= 0.6 is 0 Å². The number of anilines is 1. The molecule has 2 aromatic carbocycles. The quantitative estimate of drug-likeness (QED) is 0.231. The van der Waals surface area contributed by atoms with E-state index in [-0.39, 0.29) is 5.60 Å². The number of benzene rings is 2. The molecule has 0 unspecified atom stereocenters. The van der Waals surface area contributed by atoms with Crippen LogP contribution in [0.15, 0.2) is 24.3 Å². The molecule has 218 valence electrons. The van der Waals surface area contributed by atoms with Crippen molar-refractivity contribution < 1.29 is 9.47 Å². The molecule has 0 fully saturated rings. The highest BCUT2D eigenvalue weighted by Crippen LogP contribution is 2.45. The van der Waals surface area contributed by atoms with Crippen molar-refractivity contribution in [2.75, 3.05) is 5.73 Å². The molecule has 0 aliphatic carbocycles. The number of rotatable bonds is 15. The molecule has 0 saturated heterocycles. The van der Waals surface area contributed by atoms with Gasteiger partial charge >= 0.3 is 0 Å². The van der Waals surface area contributed by atoms with Crippen molar-refractivity contribution in [1.82, 2.24) is 0 Å². The topological polar surface area (TPSA) is 44.5 Å². The highest BCUT2D eigenvalue weighted by molar-refractivity contribution is 5.59. The minimum atomic E-state index is -0.0781. The number of hydrogen-bond donors (Lipinski definition) is 1. The summed E-state index contributed by atoms with van der Waals surface area (Å²) >= 11 is 0. The molecule has 2 N–H and O–H groups in total. The Morgan fingerprint density at radius 2 is 1.51 bits per heavy atom. The fourth-order valence-corrected chi connectivity index (χ4v) is 6.31. The number of fused-ring (bicyclic) bond motifs is 1. The van der Waals surface area contributed by atoms with E-state index in [1.807, 2.05) is 18.2 Å². The molecule has 39 heavy (non-hydrogen) atoms. The van der Waals surface area contributed by atoms with Gasteiger partial charge in [-0.25, -0.2) is 0 Å². The van der Waals surface area contributed by atoms with Gasteiger partial charge in [-0.05, 0) is 106 Å². The number of nitrogen functional groups attached to an aromatic ring is 1. The average molecular weight is 536 g/mol. The Bertz CT molecular complexity index is 1060. The second-order valence-corrected chi connectivity index (χ2v) is 13.5. The summed E-state index contributed by atoms with van der Waals surface area (Å²) in [7, 11) is 0. The number of ether oxygens (including phenoxy) is 2. The summed E-state index contributed by atoms with van der Waals surface area (Å²) in [4.78, 5) is 0. The van der Waals surface area contributed by atoms with Crippen molar-refractivity contribution in [3.05, 3.63) is 52.1 Å². The Balaban J connectivity index is 1.49. The van der Waals surface area contributed by atoms with Crippen molar-refractivity contribution in [2.45, 2.75) is 138 Å². The van der Waals surface area contributed by atoms with E-state index in [1.54, 1.807) is 0 Å². The van der Waals surface area contributed by atoms with Crippen LogP contribution < -0.4 is 15.2 Å². The van der Waals surface area contributed by atoms with Crippen LogP contribution in [0.3, 0.4) is 0 Å². The smallest absolute Gasteiger partial charge is 0.127 e. The normalized spacial score (nSPS) is 18.5. The van der Waals surface area contributed by atoms with Crippen LogP contribution in [-0.2, 0) is 13.0 Å². The van der Waals surface area contributed by atoms with Gasteiger partial charge in [-0.3, -0.25) is 0 Å². The Labute approximate surface area is 240 Å². The SMILES string of the molecule is Cc1c(C)c2c(c(C)c1OCc1cccc(N)c1)CC[C@@](C)(CCC[C@H](C)CCC[C@H](C)CCCC(C)C)O2. The molecule has 0 aromatic heterocycles. The van der Waals surface area contributed by atoms with E-state index in [0.717, 1.165) is 59.8 Å². The maximum atomic E-state index is 6.82. The second-order valence-electron chi connectivity index (χ2n) is 13.5. The summed E-state index contributed by atoms with van der Waals surface area (Å²) in [6.45, 7) is 19.0. The molecule has 0 bridgehead atoms.